The van der Waals surface area contributed by atoms with Crippen LogP contribution in [0, 0.1) is 0 Å². The van der Waals surface area contributed by atoms with Crippen LogP contribution < -0.4 is 5.32 Å². The Kier molecular flexibility index (Phi) is 9.21. The molecule has 0 spiro atoms. The smallest absolute Gasteiger partial charge is 0.326 e. The van der Waals surface area contributed by atoms with Crippen LogP contribution in [-0.4, -0.2) is 47.1 Å². The Bertz CT molecular complexity index is 278. The van der Waals surface area contributed by atoms with Crippen LogP contribution in [-0.2, 0) is 9.59 Å². The van der Waals surface area contributed by atoms with Crippen LogP contribution >= 0.6 is 0 Å². The van der Waals surface area contributed by atoms with Gasteiger partial charge in [0.05, 0.1) is 6.04 Å². The van der Waals surface area contributed by atoms with Crippen LogP contribution in [0.2, 0.25) is 0 Å². The van der Waals surface area contributed by atoms with Gasteiger partial charge in [-0.05, 0) is 25.9 Å². The summed E-state index contributed by atoms with van der Waals surface area (Å²) in [6, 6.07) is -1.00. The molecule has 1 amide bonds. The Labute approximate surface area is 116 Å². The second-order valence-corrected chi connectivity index (χ2v) is 4.69. The van der Waals surface area contributed by atoms with Crippen molar-refractivity contribution < 1.29 is 14.7 Å². The minimum Gasteiger partial charge on any atom is -0.480 e. The maximum atomic E-state index is 12.2. The number of hydrogen-bond acceptors (Lipinski definition) is 3. The molecule has 5 heteroatoms. The number of unbranched alkanes of at least 4 members (excludes halogenated alkanes) is 1. The quantitative estimate of drug-likeness (QED) is 0.637. The van der Waals surface area contributed by atoms with E-state index < -0.39 is 12.0 Å². The number of nitrogens with one attached hydrogen (secondary N) is 1. The van der Waals surface area contributed by atoms with E-state index in [4.69, 9.17) is 5.11 Å². The third kappa shape index (κ3) is 6.05. The second-order valence-electron chi connectivity index (χ2n) is 4.69. The van der Waals surface area contributed by atoms with Gasteiger partial charge < -0.3 is 10.4 Å². The van der Waals surface area contributed by atoms with Gasteiger partial charge in [0.1, 0.15) is 6.04 Å². The first-order valence-electron chi connectivity index (χ1n) is 7.28. The monoisotopic (exact) mass is 272 g/mol. The van der Waals surface area contributed by atoms with Crippen molar-refractivity contribution in [2.24, 2.45) is 0 Å². The number of carbonyl (C=O) groups excluding carboxylic acids is 1. The number of carboxylic acid groups (broad SMARTS) is 1. The average molecular weight is 272 g/mol. The predicted molar refractivity (Wildman–Crippen MR) is 76.1 cm³/mol. The lowest BCUT2D eigenvalue weighted by Crippen LogP contribution is -2.51. The van der Waals surface area contributed by atoms with Crippen LogP contribution in [0.4, 0.5) is 0 Å². The number of carbonyl (C=O) groups is 2. The number of aliphatic carboxylic acids is 1. The molecule has 0 aromatic rings. The molecule has 19 heavy (non-hydrogen) atoms. The van der Waals surface area contributed by atoms with E-state index in [1.165, 1.54) is 0 Å². The number of hydrogen-bond donors (Lipinski definition) is 2. The molecule has 0 rings (SSSR count). The molecule has 0 aromatic heterocycles. The molecule has 0 heterocycles. The van der Waals surface area contributed by atoms with E-state index in [0.717, 1.165) is 25.9 Å². The fraction of sp³-hybridized carbons (Fsp3) is 0.857. The van der Waals surface area contributed by atoms with Crippen molar-refractivity contribution in [1.82, 2.24) is 10.2 Å². The molecule has 0 radical (unpaired) electrons. The van der Waals surface area contributed by atoms with E-state index >= 15 is 0 Å². The number of nitrogens with zero attached hydrogens (tertiary/aromatic N) is 1. The Morgan fingerprint density at radius 2 is 1.74 bits per heavy atom. The van der Waals surface area contributed by atoms with E-state index in [-0.39, 0.29) is 11.9 Å². The van der Waals surface area contributed by atoms with Gasteiger partial charge in [-0.25, -0.2) is 4.79 Å². The van der Waals surface area contributed by atoms with Gasteiger partial charge in [0.15, 0.2) is 0 Å². The second kappa shape index (κ2) is 9.78. The number of amides is 1. The lowest BCUT2D eigenvalue weighted by molar-refractivity contribution is -0.143. The maximum Gasteiger partial charge on any atom is 0.326 e. The molecule has 0 aliphatic rings. The first-order valence-corrected chi connectivity index (χ1v) is 7.28. The first-order chi connectivity index (χ1) is 9.01. The summed E-state index contributed by atoms with van der Waals surface area (Å²) in [6.45, 7) is 9.54. The molecule has 0 aromatic carbocycles. The van der Waals surface area contributed by atoms with Gasteiger partial charge in [-0.2, -0.15) is 0 Å². The van der Waals surface area contributed by atoms with E-state index in [1.54, 1.807) is 0 Å². The summed E-state index contributed by atoms with van der Waals surface area (Å²) < 4.78 is 0. The van der Waals surface area contributed by atoms with Crippen LogP contribution in [0.5, 0.6) is 0 Å². The van der Waals surface area contributed by atoms with Gasteiger partial charge in [-0.3, -0.25) is 9.69 Å². The summed E-state index contributed by atoms with van der Waals surface area (Å²) in [6.07, 6.45) is 2.91. The third-order valence-corrected chi connectivity index (χ3v) is 3.40. The fourth-order valence-corrected chi connectivity index (χ4v) is 2.21. The number of carboxylic acids is 1. The zero-order chi connectivity index (χ0) is 14.8. The van der Waals surface area contributed by atoms with Crippen molar-refractivity contribution in [3.8, 4) is 0 Å². The zero-order valence-electron chi connectivity index (χ0n) is 12.6. The third-order valence-electron chi connectivity index (χ3n) is 3.40. The van der Waals surface area contributed by atoms with Gasteiger partial charge in [-0.1, -0.05) is 40.5 Å². The summed E-state index contributed by atoms with van der Waals surface area (Å²) in [5.74, 6) is -1.12. The summed E-state index contributed by atoms with van der Waals surface area (Å²) >= 11 is 0. The molecule has 0 aliphatic carbocycles. The van der Waals surface area contributed by atoms with Crippen LogP contribution in [0.3, 0.4) is 0 Å². The molecule has 0 bridgehead atoms. The lowest BCUT2D eigenvalue weighted by Gasteiger charge is -2.28. The first kappa shape index (κ1) is 17.9. The molecule has 0 saturated carbocycles. The molecule has 2 atom stereocenters. The molecule has 0 fully saturated rings. The van der Waals surface area contributed by atoms with Gasteiger partial charge >= 0.3 is 5.97 Å². The summed E-state index contributed by atoms with van der Waals surface area (Å²) in [7, 11) is 0. The topological polar surface area (TPSA) is 69.6 Å². The Hall–Kier alpha value is -1.10. The summed E-state index contributed by atoms with van der Waals surface area (Å²) in [5.41, 5.74) is 0. The van der Waals surface area contributed by atoms with Crippen molar-refractivity contribution in [1.29, 1.82) is 0 Å². The SMILES string of the molecule is CCCCC(NC(=O)C(CC)N(CC)CC)C(=O)O. The number of rotatable bonds is 10. The van der Waals surface area contributed by atoms with E-state index in [2.05, 4.69) is 5.32 Å². The highest BCUT2D eigenvalue weighted by atomic mass is 16.4. The Morgan fingerprint density at radius 1 is 1.16 bits per heavy atom. The summed E-state index contributed by atoms with van der Waals surface area (Å²) in [4.78, 5) is 25.4. The summed E-state index contributed by atoms with van der Waals surface area (Å²) in [5, 5.41) is 11.8. The van der Waals surface area contributed by atoms with Crippen molar-refractivity contribution in [3.63, 3.8) is 0 Å². The van der Waals surface area contributed by atoms with Crippen molar-refractivity contribution in [3.05, 3.63) is 0 Å². The minimum absolute atomic E-state index is 0.172. The molecule has 112 valence electrons. The molecule has 0 aliphatic heterocycles. The highest BCUT2D eigenvalue weighted by Crippen LogP contribution is 2.07. The molecule has 2 unspecified atom stereocenters. The zero-order valence-corrected chi connectivity index (χ0v) is 12.6. The van der Waals surface area contributed by atoms with Crippen molar-refractivity contribution in [2.45, 2.75) is 65.5 Å². The molecule has 0 saturated heterocycles. The van der Waals surface area contributed by atoms with Gasteiger partial charge in [-0.15, -0.1) is 0 Å². The lowest BCUT2D eigenvalue weighted by atomic mass is 10.1. The number of likely N-dealkylation sites (N-methyl/N-ethyl adjacent to an activating group) is 1. The van der Waals surface area contributed by atoms with Crippen molar-refractivity contribution in [2.75, 3.05) is 13.1 Å². The van der Waals surface area contributed by atoms with Crippen LogP contribution in [0.15, 0.2) is 0 Å². The molecule has 5 nitrogen and oxygen atoms in total. The average Bonchev–Trinajstić information content (AvgIpc) is 2.39. The van der Waals surface area contributed by atoms with E-state index in [9.17, 15) is 9.59 Å². The largest absolute Gasteiger partial charge is 0.480 e. The normalized spacial score (nSPS) is 14.2. The van der Waals surface area contributed by atoms with E-state index in [0.29, 0.717) is 12.8 Å². The fourth-order valence-electron chi connectivity index (χ4n) is 2.21. The Balaban J connectivity index is 4.62. The van der Waals surface area contributed by atoms with Crippen LogP contribution in [0.25, 0.3) is 0 Å². The predicted octanol–water partition coefficient (Wildman–Crippen LogP) is 1.87. The minimum atomic E-state index is -0.948. The highest BCUT2D eigenvalue weighted by Gasteiger charge is 2.26. The maximum absolute atomic E-state index is 12.2. The molecular formula is C14H28N2O3. The standard InChI is InChI=1S/C14H28N2O3/c1-5-9-10-11(14(18)19)15-13(17)12(6-2)16(7-3)8-4/h11-12H,5-10H2,1-4H3,(H,15,17)(H,18,19). The molecular weight excluding hydrogens is 244 g/mol. The molecule has 2 N–H and O–H groups in total. The highest BCUT2D eigenvalue weighted by molar-refractivity contribution is 5.86. The van der Waals surface area contributed by atoms with Gasteiger partial charge in [0, 0.05) is 0 Å². The van der Waals surface area contributed by atoms with Gasteiger partial charge in [0.25, 0.3) is 0 Å². The van der Waals surface area contributed by atoms with Crippen molar-refractivity contribution >= 4 is 11.9 Å². The van der Waals surface area contributed by atoms with E-state index in [1.807, 2.05) is 32.6 Å². The van der Waals surface area contributed by atoms with Crippen LogP contribution in [0.1, 0.15) is 53.4 Å². The Morgan fingerprint density at radius 3 is 2.11 bits per heavy atom. The van der Waals surface area contributed by atoms with Gasteiger partial charge in [0.2, 0.25) is 5.91 Å².